The Hall–Kier alpha value is -2.60. The lowest BCUT2D eigenvalue weighted by atomic mass is 9.73. The van der Waals surface area contributed by atoms with E-state index >= 15 is 0 Å². The highest BCUT2D eigenvalue weighted by Crippen LogP contribution is 2.51. The maximum absolute atomic E-state index is 13.5. The molecule has 0 radical (unpaired) electrons. The van der Waals surface area contributed by atoms with Gasteiger partial charge in [0.25, 0.3) is 0 Å². The fourth-order valence-corrected chi connectivity index (χ4v) is 4.35. The van der Waals surface area contributed by atoms with Crippen molar-refractivity contribution in [3.8, 4) is 0 Å². The molecule has 2 bridgehead atoms. The van der Waals surface area contributed by atoms with Crippen LogP contribution in [0.1, 0.15) is 29.2 Å². The summed E-state index contributed by atoms with van der Waals surface area (Å²) in [5.74, 6) is -2.91. The molecule has 5 atom stereocenters. The molecule has 12 heteroatoms. The molecule has 2 saturated heterocycles. The van der Waals surface area contributed by atoms with Crippen LogP contribution in [-0.4, -0.2) is 39.1 Å². The van der Waals surface area contributed by atoms with Crippen molar-refractivity contribution < 1.29 is 41.0 Å². The molecule has 168 valence electrons. The van der Waals surface area contributed by atoms with Crippen LogP contribution >= 0.6 is 0 Å². The number of aliphatic hydroxyl groups excluding tert-OH is 1. The van der Waals surface area contributed by atoms with E-state index in [1.807, 2.05) is 0 Å². The van der Waals surface area contributed by atoms with Crippen LogP contribution in [0.25, 0.3) is 0 Å². The van der Waals surface area contributed by atoms with Gasteiger partial charge in [0.2, 0.25) is 5.91 Å². The Morgan fingerprint density at radius 1 is 1.16 bits per heavy atom. The van der Waals surface area contributed by atoms with E-state index in [2.05, 4.69) is 10.4 Å². The number of rotatable bonds is 3. The molecule has 0 saturated carbocycles. The average molecular weight is 449 g/mol. The SMILES string of the molecule is Cn1cc([C@H]2[C@H]3O[C@H](C[C@@H]3O)[C@@H]2C(=O)Nc2ccc(C(F)(F)F)cc2)c(C(F)(F)F)n1. The molecule has 2 aliphatic heterocycles. The summed E-state index contributed by atoms with van der Waals surface area (Å²) in [5, 5.41) is 16.1. The largest absolute Gasteiger partial charge is 0.435 e. The quantitative estimate of drug-likeness (QED) is 0.705. The van der Waals surface area contributed by atoms with Crippen molar-refractivity contribution in [1.29, 1.82) is 0 Å². The number of benzene rings is 1. The highest BCUT2D eigenvalue weighted by atomic mass is 19.4. The fraction of sp³-hybridized carbons (Fsp3) is 0.474. The summed E-state index contributed by atoms with van der Waals surface area (Å²) in [6, 6.07) is 3.70. The van der Waals surface area contributed by atoms with Gasteiger partial charge in [-0.3, -0.25) is 9.48 Å². The molecule has 1 amide bonds. The number of nitrogens with zero attached hydrogens (tertiary/aromatic N) is 2. The summed E-state index contributed by atoms with van der Waals surface area (Å²) < 4.78 is 85.2. The molecular weight excluding hydrogens is 432 g/mol. The number of aromatic nitrogens is 2. The molecular formula is C19H17F6N3O3. The number of hydrogen-bond acceptors (Lipinski definition) is 4. The van der Waals surface area contributed by atoms with Gasteiger partial charge in [0.1, 0.15) is 0 Å². The zero-order valence-corrected chi connectivity index (χ0v) is 15.9. The number of alkyl halides is 6. The van der Waals surface area contributed by atoms with Crippen LogP contribution < -0.4 is 5.32 Å². The normalized spacial score (nSPS) is 28.2. The molecule has 6 nitrogen and oxygen atoms in total. The number of aryl methyl sites for hydroxylation is 1. The van der Waals surface area contributed by atoms with Crippen molar-refractivity contribution in [2.45, 2.75) is 43.0 Å². The first-order chi connectivity index (χ1) is 14.4. The molecule has 3 heterocycles. The molecule has 2 fully saturated rings. The molecule has 2 aromatic rings. The zero-order valence-electron chi connectivity index (χ0n) is 15.9. The van der Waals surface area contributed by atoms with Gasteiger partial charge in [-0.2, -0.15) is 31.4 Å². The van der Waals surface area contributed by atoms with Crippen LogP contribution in [-0.2, 0) is 28.9 Å². The first-order valence-electron chi connectivity index (χ1n) is 9.28. The third-order valence-electron chi connectivity index (χ3n) is 5.59. The summed E-state index contributed by atoms with van der Waals surface area (Å²) in [6.07, 6.45) is -11.0. The standard InChI is InChI=1S/C19H17F6N3O3/c1-28-7-10(16(27-28)19(23,24)25)13-14(12-6-11(29)15(13)31-12)17(30)26-9-4-2-8(3-5-9)18(20,21)22/h2-5,7,11-15,29H,6H2,1H3,(H,26,30)/t11-,12+,13+,14-,15-/m0/s1. The van der Waals surface area contributed by atoms with E-state index in [0.29, 0.717) is 0 Å². The van der Waals surface area contributed by atoms with Crippen molar-refractivity contribution in [1.82, 2.24) is 9.78 Å². The molecule has 1 aromatic heterocycles. The minimum absolute atomic E-state index is 0.0577. The smallest absolute Gasteiger partial charge is 0.390 e. The second-order valence-corrected chi connectivity index (χ2v) is 7.66. The van der Waals surface area contributed by atoms with Crippen LogP contribution in [0.2, 0.25) is 0 Å². The van der Waals surface area contributed by atoms with Gasteiger partial charge in [-0.15, -0.1) is 0 Å². The van der Waals surface area contributed by atoms with Gasteiger partial charge in [-0.1, -0.05) is 0 Å². The van der Waals surface area contributed by atoms with E-state index in [1.54, 1.807) is 0 Å². The van der Waals surface area contributed by atoms with E-state index in [9.17, 15) is 36.2 Å². The highest BCUT2D eigenvalue weighted by molar-refractivity contribution is 5.94. The number of fused-ring (bicyclic) bond motifs is 2. The lowest BCUT2D eigenvalue weighted by Crippen LogP contribution is -2.41. The Labute approximate surface area is 171 Å². The third kappa shape index (κ3) is 3.89. The number of nitrogens with one attached hydrogen (secondary N) is 1. The molecule has 2 N–H and O–H groups in total. The number of halogens is 6. The Morgan fingerprint density at radius 2 is 1.81 bits per heavy atom. The van der Waals surface area contributed by atoms with Crippen molar-refractivity contribution in [3.05, 3.63) is 47.3 Å². The van der Waals surface area contributed by atoms with Crippen molar-refractivity contribution >= 4 is 11.6 Å². The van der Waals surface area contributed by atoms with Crippen LogP contribution in [0.4, 0.5) is 32.0 Å². The van der Waals surface area contributed by atoms with Gasteiger partial charge in [-0.05, 0) is 24.3 Å². The van der Waals surface area contributed by atoms with Crippen molar-refractivity contribution in [2.24, 2.45) is 13.0 Å². The first kappa shape index (κ1) is 21.6. The summed E-state index contributed by atoms with van der Waals surface area (Å²) in [7, 11) is 1.31. The Bertz CT molecular complexity index is 985. The van der Waals surface area contributed by atoms with Crippen LogP contribution in [0.15, 0.2) is 30.5 Å². The maximum Gasteiger partial charge on any atom is 0.435 e. The number of aliphatic hydroxyl groups is 1. The number of carbonyl (C=O) groups is 1. The molecule has 0 unspecified atom stereocenters. The van der Waals surface area contributed by atoms with Gasteiger partial charge in [0.15, 0.2) is 5.69 Å². The van der Waals surface area contributed by atoms with Gasteiger partial charge in [0.05, 0.1) is 29.8 Å². The Morgan fingerprint density at radius 3 is 2.39 bits per heavy atom. The fourth-order valence-electron chi connectivity index (χ4n) is 4.35. The monoisotopic (exact) mass is 449 g/mol. The molecule has 0 spiro atoms. The van der Waals surface area contributed by atoms with Gasteiger partial charge >= 0.3 is 12.4 Å². The first-order valence-corrected chi connectivity index (χ1v) is 9.28. The third-order valence-corrected chi connectivity index (χ3v) is 5.59. The Balaban J connectivity index is 1.63. The number of anilines is 1. The van der Waals surface area contributed by atoms with E-state index in [-0.39, 0.29) is 17.7 Å². The number of ether oxygens (including phenoxy) is 1. The van der Waals surface area contributed by atoms with Crippen LogP contribution in [0.5, 0.6) is 0 Å². The van der Waals surface area contributed by atoms with Gasteiger partial charge in [-0.25, -0.2) is 0 Å². The highest BCUT2D eigenvalue weighted by Gasteiger charge is 2.59. The van der Waals surface area contributed by atoms with E-state index in [4.69, 9.17) is 4.74 Å². The summed E-state index contributed by atoms with van der Waals surface area (Å²) in [6.45, 7) is 0. The second-order valence-electron chi connectivity index (χ2n) is 7.66. The summed E-state index contributed by atoms with van der Waals surface area (Å²) in [5.41, 5.74) is -2.29. The predicted molar refractivity (Wildman–Crippen MR) is 93.8 cm³/mol. The summed E-state index contributed by atoms with van der Waals surface area (Å²) in [4.78, 5) is 12.9. The summed E-state index contributed by atoms with van der Waals surface area (Å²) >= 11 is 0. The van der Waals surface area contributed by atoms with Crippen LogP contribution in [0, 0.1) is 5.92 Å². The van der Waals surface area contributed by atoms with Crippen molar-refractivity contribution in [2.75, 3.05) is 5.32 Å². The predicted octanol–water partition coefficient (Wildman–Crippen LogP) is 3.33. The van der Waals surface area contributed by atoms with E-state index in [0.717, 1.165) is 35.1 Å². The topological polar surface area (TPSA) is 76.4 Å². The lowest BCUT2D eigenvalue weighted by Gasteiger charge is -2.30. The van der Waals surface area contributed by atoms with Gasteiger partial charge < -0.3 is 15.2 Å². The van der Waals surface area contributed by atoms with Crippen molar-refractivity contribution in [3.63, 3.8) is 0 Å². The van der Waals surface area contributed by atoms with Crippen LogP contribution in [0.3, 0.4) is 0 Å². The van der Waals surface area contributed by atoms with E-state index < -0.39 is 59.7 Å². The second kappa shape index (κ2) is 7.23. The average Bonchev–Trinajstić information content (AvgIpc) is 3.32. The van der Waals surface area contributed by atoms with E-state index in [1.165, 1.54) is 7.05 Å². The molecule has 1 aromatic carbocycles. The molecule has 4 rings (SSSR count). The molecule has 31 heavy (non-hydrogen) atoms. The maximum atomic E-state index is 13.5. The zero-order chi connectivity index (χ0) is 22.7. The minimum Gasteiger partial charge on any atom is -0.390 e. The Kier molecular flexibility index (Phi) is 5.04. The number of amides is 1. The lowest BCUT2D eigenvalue weighted by molar-refractivity contribution is -0.143. The van der Waals surface area contributed by atoms with Gasteiger partial charge in [0, 0.05) is 36.8 Å². The number of carbonyl (C=O) groups excluding carboxylic acids is 1. The minimum atomic E-state index is -4.78. The molecule has 2 aliphatic rings. The number of hydrogen-bond donors (Lipinski definition) is 2. The molecule has 0 aliphatic carbocycles.